The molecule has 28 heteroatoms. The molecule has 5 aromatic carbocycles. The Labute approximate surface area is 400 Å². The first-order valence-corrected chi connectivity index (χ1v) is 20.5. The van der Waals surface area contributed by atoms with E-state index in [2.05, 4.69) is 28.6 Å². The molecule has 0 amide bonds. The smallest absolute Gasteiger partial charge is 0.416 e. The molecule has 6 aromatic rings. The van der Waals surface area contributed by atoms with Crippen molar-refractivity contribution in [3.8, 4) is 5.88 Å². The Morgan fingerprint density at radius 3 is 0.919 bits per heavy atom. The number of aromatic nitrogens is 2. The molecule has 400 valence electrons. The van der Waals surface area contributed by atoms with E-state index in [0.717, 1.165) is 25.5 Å². The van der Waals surface area contributed by atoms with Crippen LogP contribution in [0.5, 0.6) is 5.88 Å². The molecule has 74 heavy (non-hydrogen) atoms. The van der Waals surface area contributed by atoms with Gasteiger partial charge in [0.25, 0.3) is 0 Å². The Balaban J connectivity index is 0.000000500. The third kappa shape index (κ3) is 13.7. The summed E-state index contributed by atoms with van der Waals surface area (Å²) in [6.45, 7) is 3.63. The van der Waals surface area contributed by atoms with Gasteiger partial charge in [-0.05, 0) is 30.7 Å². The SMILES string of the molecule is CCCOc1cncc[n+]1Cc1ccccc1.FC(F)(F)c1cc([B-](c2cc(C(F)(F)F)cc(C(F)(F)F)c2)(c2cc(C(F)(F)F)cc(C(F)(F)F)c2)c2cc(C(F)(F)F)cc(C(F)(F)F)c2)cc(C(F)(F)F)c1. The number of ether oxygens (including phenoxy) is 1. The van der Waals surface area contributed by atoms with Gasteiger partial charge in [0, 0.05) is 5.56 Å². The van der Waals surface area contributed by atoms with Gasteiger partial charge >= 0.3 is 55.3 Å². The van der Waals surface area contributed by atoms with Crippen molar-refractivity contribution in [1.29, 1.82) is 0 Å². The highest BCUT2D eigenvalue weighted by Crippen LogP contribution is 2.41. The molecule has 0 bridgehead atoms. The minimum Gasteiger partial charge on any atom is -0.443 e. The molecule has 0 fully saturated rings. The first-order chi connectivity index (χ1) is 33.7. The van der Waals surface area contributed by atoms with Crippen LogP contribution in [-0.4, -0.2) is 17.7 Å². The molecule has 0 radical (unpaired) electrons. The van der Waals surface area contributed by atoms with E-state index in [4.69, 9.17) is 4.74 Å². The highest BCUT2D eigenvalue weighted by atomic mass is 19.4. The highest BCUT2D eigenvalue weighted by molar-refractivity contribution is 7.20. The summed E-state index contributed by atoms with van der Waals surface area (Å²) in [6, 6.07) is 1.52. The summed E-state index contributed by atoms with van der Waals surface area (Å²) < 4.78 is 349. The van der Waals surface area contributed by atoms with Gasteiger partial charge < -0.3 is 4.74 Å². The third-order valence-corrected chi connectivity index (χ3v) is 10.9. The molecule has 0 N–H and O–H groups in total. The number of rotatable bonds is 9. The summed E-state index contributed by atoms with van der Waals surface area (Å²) in [7, 11) is 0. The molecule has 0 saturated heterocycles. The third-order valence-electron chi connectivity index (χ3n) is 10.9. The molecular formula is C46H29BF24N2O. The minimum atomic E-state index is -6.13. The molecule has 0 aliphatic carbocycles. The Morgan fingerprint density at radius 2 is 0.676 bits per heavy atom. The van der Waals surface area contributed by atoms with E-state index >= 15 is 0 Å². The fourth-order valence-electron chi connectivity index (χ4n) is 7.68. The lowest BCUT2D eigenvalue weighted by Gasteiger charge is -2.46. The van der Waals surface area contributed by atoms with Crippen molar-refractivity contribution in [2.24, 2.45) is 0 Å². The topological polar surface area (TPSA) is 26.0 Å². The molecule has 1 aromatic heterocycles. The molecule has 0 aliphatic rings. The van der Waals surface area contributed by atoms with Crippen LogP contribution in [0, 0.1) is 0 Å². The van der Waals surface area contributed by atoms with Crippen molar-refractivity contribution in [2.45, 2.75) is 69.3 Å². The van der Waals surface area contributed by atoms with E-state index in [1.165, 1.54) is 5.56 Å². The van der Waals surface area contributed by atoms with Crippen LogP contribution < -0.4 is 31.2 Å². The fraction of sp³-hybridized carbons (Fsp3) is 0.261. The van der Waals surface area contributed by atoms with Gasteiger partial charge in [0.2, 0.25) is 0 Å². The van der Waals surface area contributed by atoms with Crippen LogP contribution >= 0.6 is 0 Å². The average molecular weight is 1090 g/mol. The van der Waals surface area contributed by atoms with Gasteiger partial charge in [0.05, 0.1) is 57.3 Å². The second-order valence-corrected chi connectivity index (χ2v) is 16.1. The van der Waals surface area contributed by atoms with Crippen LogP contribution in [0.2, 0.25) is 0 Å². The van der Waals surface area contributed by atoms with Crippen molar-refractivity contribution in [2.75, 3.05) is 6.61 Å². The molecule has 6 rings (SSSR count). The van der Waals surface area contributed by atoms with Gasteiger partial charge in [-0.2, -0.15) is 132 Å². The second kappa shape index (κ2) is 20.6. The average Bonchev–Trinajstić information content (AvgIpc) is 3.27. The van der Waals surface area contributed by atoms with Gasteiger partial charge in [0.1, 0.15) is 12.3 Å². The van der Waals surface area contributed by atoms with Crippen LogP contribution in [-0.2, 0) is 56.0 Å². The first-order valence-electron chi connectivity index (χ1n) is 20.5. The lowest BCUT2D eigenvalue weighted by molar-refractivity contribution is -0.694. The number of alkyl halides is 24. The normalized spacial score (nSPS) is 13.4. The van der Waals surface area contributed by atoms with Gasteiger partial charge in [-0.15, -0.1) is 0 Å². The summed E-state index contributed by atoms with van der Waals surface area (Å²) in [5.41, 5.74) is -28.9. The van der Waals surface area contributed by atoms with Crippen LogP contribution in [0.15, 0.2) is 122 Å². The van der Waals surface area contributed by atoms with E-state index in [9.17, 15) is 105 Å². The largest absolute Gasteiger partial charge is 0.443 e. The standard InChI is InChI=1S/C32H12BF24.C14H17N2O/c34-25(35,36)13-1-14(26(37,38)39)6-21(5-13)33(22-7-15(27(40,41)42)2-16(8-22)28(43,44)45,23-9-17(29(46,47)48)3-18(10-23)30(49,50)51)24-11-19(31(52,53)54)4-20(12-24)32(55,56)57;1-2-10-17-14-11-15-8-9-16(14)12-13-6-4-3-5-7-13/h1-12H;3-9,11H,2,10,12H2,1H3/q-1;+1. The van der Waals surface area contributed by atoms with E-state index in [0.29, 0.717) is 0 Å². The molecule has 0 unspecified atom stereocenters. The Hall–Kier alpha value is -6.64. The number of benzene rings is 5. The molecule has 3 nitrogen and oxygen atoms in total. The molecule has 1 heterocycles. The molecular weight excluding hydrogens is 1060 g/mol. The molecule has 0 saturated carbocycles. The number of halogens is 24. The quantitative estimate of drug-likeness (QED) is 0.0819. The summed E-state index contributed by atoms with van der Waals surface area (Å²) in [5, 5.41) is 0. The van der Waals surface area contributed by atoms with Crippen LogP contribution in [0.3, 0.4) is 0 Å². The highest BCUT2D eigenvalue weighted by Gasteiger charge is 2.47. The number of hydrogen-bond acceptors (Lipinski definition) is 2. The fourth-order valence-corrected chi connectivity index (χ4v) is 7.68. The second-order valence-electron chi connectivity index (χ2n) is 16.1. The predicted molar refractivity (Wildman–Crippen MR) is 216 cm³/mol. The van der Waals surface area contributed by atoms with Crippen molar-refractivity contribution in [3.63, 3.8) is 0 Å². The van der Waals surface area contributed by atoms with E-state index in [1.807, 2.05) is 24.4 Å². The lowest BCUT2D eigenvalue weighted by atomic mass is 9.12. The zero-order chi connectivity index (χ0) is 55.8. The summed E-state index contributed by atoms with van der Waals surface area (Å²) >= 11 is 0. The molecule has 0 spiro atoms. The Bertz CT molecular complexity index is 2470. The lowest BCUT2D eigenvalue weighted by Crippen LogP contribution is -2.75. The van der Waals surface area contributed by atoms with E-state index in [1.54, 1.807) is 12.4 Å². The Morgan fingerprint density at radius 1 is 0.405 bits per heavy atom. The van der Waals surface area contributed by atoms with Gasteiger partial charge in [-0.25, -0.2) is 4.98 Å². The monoisotopic (exact) mass is 1090 g/mol. The minimum absolute atomic E-state index is 0.691. The maximum atomic E-state index is 14.2. The molecule has 0 atom stereocenters. The van der Waals surface area contributed by atoms with Crippen molar-refractivity contribution in [1.82, 2.24) is 4.98 Å². The first kappa shape index (κ1) is 58.3. The zero-order valence-corrected chi connectivity index (χ0v) is 36.6. The van der Waals surface area contributed by atoms with Crippen LogP contribution in [0.1, 0.15) is 63.4 Å². The van der Waals surface area contributed by atoms with Crippen LogP contribution in [0.25, 0.3) is 0 Å². The van der Waals surface area contributed by atoms with Crippen molar-refractivity contribution >= 4 is 28.0 Å². The van der Waals surface area contributed by atoms with Crippen LogP contribution in [0.4, 0.5) is 105 Å². The van der Waals surface area contributed by atoms with Gasteiger partial charge in [0.15, 0.2) is 12.7 Å². The Kier molecular flexibility index (Phi) is 16.2. The van der Waals surface area contributed by atoms with E-state index < -0.39 is 195 Å². The van der Waals surface area contributed by atoms with Crippen molar-refractivity contribution < 1.29 is 115 Å². The predicted octanol–water partition coefficient (Wildman–Crippen LogP) is 13.4. The summed E-state index contributed by atoms with van der Waals surface area (Å²) in [6.07, 6.45) is -48.3. The van der Waals surface area contributed by atoms with Gasteiger partial charge in [-0.3, -0.25) is 0 Å². The number of hydrogen-bond donors (Lipinski definition) is 0. The summed E-state index contributed by atoms with van der Waals surface area (Å²) in [5.74, 6) is 0.818. The summed E-state index contributed by atoms with van der Waals surface area (Å²) in [4.78, 5) is 4.09. The zero-order valence-electron chi connectivity index (χ0n) is 36.6. The van der Waals surface area contributed by atoms with Crippen molar-refractivity contribution in [3.05, 3.63) is 172 Å². The maximum absolute atomic E-state index is 14.2. The maximum Gasteiger partial charge on any atom is 0.416 e. The molecule has 0 aliphatic heterocycles. The van der Waals surface area contributed by atoms with Gasteiger partial charge in [-0.1, -0.05) is 85.8 Å². The number of nitrogens with zero attached hydrogens (tertiary/aromatic N) is 2. The van der Waals surface area contributed by atoms with E-state index in [-0.39, 0.29) is 0 Å².